The molecule has 1 N–H and O–H groups in total. The molecule has 26 heavy (non-hydrogen) atoms. The molecule has 0 saturated carbocycles. The summed E-state index contributed by atoms with van der Waals surface area (Å²) in [4.78, 5) is 12.3. The van der Waals surface area contributed by atoms with Gasteiger partial charge in [-0.25, -0.2) is 9.07 Å². The van der Waals surface area contributed by atoms with Crippen LogP contribution in [-0.2, 0) is 12.7 Å². The number of alkyl halides is 3. The van der Waals surface area contributed by atoms with Crippen LogP contribution < -0.4 is 5.32 Å². The molecular formula is C18H13F4N3O. The first-order chi connectivity index (χ1) is 12.4. The highest BCUT2D eigenvalue weighted by Gasteiger charge is 2.40. The van der Waals surface area contributed by atoms with Crippen LogP contribution in [0.4, 0.5) is 17.6 Å². The Morgan fingerprint density at radius 2 is 1.69 bits per heavy atom. The monoisotopic (exact) mass is 363 g/mol. The molecule has 3 aromatic rings. The maximum atomic E-state index is 13.5. The number of carbonyl (C=O) groups is 1. The molecule has 1 amide bonds. The number of rotatable bonds is 4. The number of aromatic nitrogens is 2. The van der Waals surface area contributed by atoms with Crippen molar-refractivity contribution in [2.24, 2.45) is 0 Å². The molecule has 2 aromatic carbocycles. The second-order valence-corrected chi connectivity index (χ2v) is 5.46. The Hall–Kier alpha value is -3.16. The average Bonchev–Trinajstić information content (AvgIpc) is 3.07. The summed E-state index contributed by atoms with van der Waals surface area (Å²) in [5.74, 6) is -1.35. The minimum absolute atomic E-state index is 0.0348. The Balaban J connectivity index is 1.88. The van der Waals surface area contributed by atoms with Crippen LogP contribution in [0.1, 0.15) is 21.6 Å². The molecule has 0 unspecified atom stereocenters. The van der Waals surface area contributed by atoms with Gasteiger partial charge >= 0.3 is 6.18 Å². The van der Waals surface area contributed by atoms with Gasteiger partial charge in [0, 0.05) is 6.54 Å². The average molecular weight is 363 g/mol. The minimum Gasteiger partial charge on any atom is -0.348 e. The maximum absolute atomic E-state index is 13.5. The van der Waals surface area contributed by atoms with Crippen molar-refractivity contribution >= 4 is 5.91 Å². The van der Waals surface area contributed by atoms with Crippen molar-refractivity contribution in [3.8, 4) is 5.69 Å². The normalized spacial score (nSPS) is 11.4. The summed E-state index contributed by atoms with van der Waals surface area (Å²) in [6, 6.07) is 13.0. The second-order valence-electron chi connectivity index (χ2n) is 5.46. The van der Waals surface area contributed by atoms with Gasteiger partial charge in [0.2, 0.25) is 0 Å². The quantitative estimate of drug-likeness (QED) is 0.714. The molecule has 0 aliphatic heterocycles. The molecule has 0 bridgehead atoms. The van der Waals surface area contributed by atoms with Crippen molar-refractivity contribution in [1.29, 1.82) is 0 Å². The zero-order valence-corrected chi connectivity index (χ0v) is 13.3. The van der Waals surface area contributed by atoms with Crippen LogP contribution in [0, 0.1) is 5.82 Å². The largest absolute Gasteiger partial charge is 0.434 e. The molecule has 1 aromatic heterocycles. The molecule has 8 heteroatoms. The Bertz CT molecular complexity index is 902. The first-order valence-corrected chi connectivity index (χ1v) is 7.59. The van der Waals surface area contributed by atoms with Crippen molar-refractivity contribution in [2.45, 2.75) is 12.7 Å². The van der Waals surface area contributed by atoms with Crippen LogP contribution in [0.3, 0.4) is 0 Å². The third-order valence-electron chi connectivity index (χ3n) is 3.65. The maximum Gasteiger partial charge on any atom is 0.434 e. The van der Waals surface area contributed by atoms with Gasteiger partial charge in [0.15, 0.2) is 5.69 Å². The molecule has 0 atom stereocenters. The zero-order chi connectivity index (χ0) is 18.7. The van der Waals surface area contributed by atoms with Crippen LogP contribution in [0.15, 0.2) is 60.8 Å². The molecule has 3 rings (SSSR count). The molecule has 134 valence electrons. The SMILES string of the molecule is O=C(NCc1ccc(F)cc1)c1cnn(-c2ccccc2)c1C(F)(F)F. The van der Waals surface area contributed by atoms with Gasteiger partial charge in [0.05, 0.1) is 17.4 Å². The number of carbonyl (C=O) groups excluding carboxylic acids is 1. The number of amides is 1. The van der Waals surface area contributed by atoms with Crippen LogP contribution in [0.2, 0.25) is 0 Å². The standard InChI is InChI=1S/C18H13F4N3O/c19-13-8-6-12(7-9-13)10-23-17(26)15-11-24-25(16(15)18(20,21)22)14-4-2-1-3-5-14/h1-9,11H,10H2,(H,23,26). The summed E-state index contributed by atoms with van der Waals surface area (Å²) < 4.78 is 54.1. The molecule has 0 aliphatic carbocycles. The van der Waals surface area contributed by atoms with E-state index in [2.05, 4.69) is 10.4 Å². The second kappa shape index (κ2) is 6.99. The molecule has 0 saturated heterocycles. The van der Waals surface area contributed by atoms with E-state index in [9.17, 15) is 22.4 Å². The van der Waals surface area contributed by atoms with E-state index in [0.29, 0.717) is 10.2 Å². The summed E-state index contributed by atoms with van der Waals surface area (Å²) >= 11 is 0. The van der Waals surface area contributed by atoms with Gasteiger partial charge in [-0.15, -0.1) is 0 Å². The highest BCUT2D eigenvalue weighted by molar-refractivity contribution is 5.95. The summed E-state index contributed by atoms with van der Waals surface area (Å²) in [6.45, 7) is -0.0348. The number of halogens is 4. The molecule has 0 fully saturated rings. The smallest absolute Gasteiger partial charge is 0.348 e. The van der Waals surface area contributed by atoms with E-state index in [1.165, 1.54) is 36.4 Å². The molecule has 1 heterocycles. The molecular weight excluding hydrogens is 350 g/mol. The lowest BCUT2D eigenvalue weighted by molar-refractivity contribution is -0.143. The lowest BCUT2D eigenvalue weighted by atomic mass is 10.2. The summed E-state index contributed by atoms with van der Waals surface area (Å²) in [5.41, 5.74) is -0.982. The minimum atomic E-state index is -4.77. The van der Waals surface area contributed by atoms with E-state index in [4.69, 9.17) is 0 Å². The van der Waals surface area contributed by atoms with Gasteiger partial charge in [-0.05, 0) is 29.8 Å². The highest BCUT2D eigenvalue weighted by atomic mass is 19.4. The van der Waals surface area contributed by atoms with E-state index in [0.717, 1.165) is 6.20 Å². The van der Waals surface area contributed by atoms with Crippen LogP contribution in [0.25, 0.3) is 5.69 Å². The first-order valence-electron chi connectivity index (χ1n) is 7.59. The topological polar surface area (TPSA) is 46.9 Å². The van der Waals surface area contributed by atoms with Crippen molar-refractivity contribution in [1.82, 2.24) is 15.1 Å². The third kappa shape index (κ3) is 3.74. The van der Waals surface area contributed by atoms with Crippen molar-refractivity contribution < 1.29 is 22.4 Å². The van der Waals surface area contributed by atoms with Crippen molar-refractivity contribution in [3.63, 3.8) is 0 Å². The van der Waals surface area contributed by atoms with E-state index in [-0.39, 0.29) is 12.2 Å². The van der Waals surface area contributed by atoms with Gasteiger partial charge in [0.25, 0.3) is 5.91 Å². The fourth-order valence-electron chi connectivity index (χ4n) is 2.43. The fraction of sp³-hybridized carbons (Fsp3) is 0.111. The van der Waals surface area contributed by atoms with Gasteiger partial charge in [0.1, 0.15) is 5.82 Å². The van der Waals surface area contributed by atoms with Crippen LogP contribution in [-0.4, -0.2) is 15.7 Å². The number of nitrogens with one attached hydrogen (secondary N) is 1. The van der Waals surface area contributed by atoms with Crippen molar-refractivity contribution in [2.75, 3.05) is 0 Å². The number of hydrogen-bond acceptors (Lipinski definition) is 2. The van der Waals surface area contributed by atoms with Crippen LogP contribution in [0.5, 0.6) is 0 Å². The Morgan fingerprint density at radius 3 is 2.31 bits per heavy atom. The number of para-hydroxylation sites is 1. The summed E-state index contributed by atoms with van der Waals surface area (Å²) in [7, 11) is 0. The van der Waals surface area contributed by atoms with E-state index < -0.39 is 29.2 Å². The predicted octanol–water partition coefficient (Wildman–Crippen LogP) is 3.96. The lowest BCUT2D eigenvalue weighted by Gasteiger charge is -2.13. The number of nitrogens with zero attached hydrogens (tertiary/aromatic N) is 2. The van der Waals surface area contributed by atoms with E-state index >= 15 is 0 Å². The molecule has 0 aliphatic rings. The van der Waals surface area contributed by atoms with E-state index in [1.807, 2.05) is 0 Å². The van der Waals surface area contributed by atoms with Gasteiger partial charge in [-0.2, -0.15) is 18.3 Å². The first kappa shape index (κ1) is 17.7. The molecule has 0 spiro atoms. The zero-order valence-electron chi connectivity index (χ0n) is 13.3. The summed E-state index contributed by atoms with van der Waals surface area (Å²) in [5, 5.41) is 6.12. The van der Waals surface area contributed by atoms with Gasteiger partial charge in [-0.1, -0.05) is 30.3 Å². The van der Waals surface area contributed by atoms with Crippen LogP contribution >= 0.6 is 0 Å². The Labute approximate surface area is 146 Å². The lowest BCUT2D eigenvalue weighted by Crippen LogP contribution is -2.26. The summed E-state index contributed by atoms with van der Waals surface area (Å²) in [6.07, 6.45) is -3.88. The Kier molecular flexibility index (Phi) is 4.75. The molecule has 4 nitrogen and oxygen atoms in total. The highest BCUT2D eigenvalue weighted by Crippen LogP contribution is 2.33. The Morgan fingerprint density at radius 1 is 1.04 bits per heavy atom. The van der Waals surface area contributed by atoms with Gasteiger partial charge < -0.3 is 5.32 Å². The number of hydrogen-bond donors (Lipinski definition) is 1. The third-order valence-corrected chi connectivity index (χ3v) is 3.65. The fourth-order valence-corrected chi connectivity index (χ4v) is 2.43. The van der Waals surface area contributed by atoms with Crippen molar-refractivity contribution in [3.05, 3.63) is 83.4 Å². The number of benzene rings is 2. The predicted molar refractivity (Wildman–Crippen MR) is 86.1 cm³/mol. The van der Waals surface area contributed by atoms with E-state index in [1.54, 1.807) is 18.2 Å². The van der Waals surface area contributed by atoms with Gasteiger partial charge in [-0.3, -0.25) is 4.79 Å². The molecule has 0 radical (unpaired) electrons.